The quantitative estimate of drug-likeness (QED) is 0.589. The molecule has 3 atom stereocenters. The van der Waals surface area contributed by atoms with Gasteiger partial charge in [-0.3, -0.25) is 4.79 Å². The highest BCUT2D eigenvalue weighted by atomic mass is 16.3. The molecule has 2 rings (SSSR count). The largest absolute Gasteiger partial charge is 0.371 e. The molecule has 3 nitrogen and oxygen atoms in total. The van der Waals surface area contributed by atoms with Crippen molar-refractivity contribution < 1.29 is 9.90 Å². The van der Waals surface area contributed by atoms with E-state index in [2.05, 4.69) is 5.32 Å². The van der Waals surface area contributed by atoms with Crippen molar-refractivity contribution in [3.05, 3.63) is 0 Å². The molecule has 1 aliphatic carbocycles. The van der Waals surface area contributed by atoms with Crippen molar-refractivity contribution in [1.29, 1.82) is 0 Å². The Morgan fingerprint density at radius 3 is 3.08 bits per heavy atom. The molecule has 0 bridgehead atoms. The normalized spacial score (nSPS) is 45.2. The lowest BCUT2D eigenvalue weighted by Crippen LogP contribution is -2.60. The van der Waals surface area contributed by atoms with Crippen molar-refractivity contribution in [1.82, 2.24) is 5.32 Å². The van der Waals surface area contributed by atoms with E-state index in [1.807, 2.05) is 6.92 Å². The van der Waals surface area contributed by atoms with Crippen LogP contribution in [0.25, 0.3) is 0 Å². The first-order chi connectivity index (χ1) is 6.12. The van der Waals surface area contributed by atoms with Gasteiger partial charge in [-0.25, -0.2) is 0 Å². The summed E-state index contributed by atoms with van der Waals surface area (Å²) in [7, 11) is 0. The molecular formula is C10H17NO2. The zero-order chi connectivity index (χ0) is 9.47. The van der Waals surface area contributed by atoms with Crippen LogP contribution < -0.4 is 5.32 Å². The molecule has 1 heterocycles. The Balaban J connectivity index is 2.15. The van der Waals surface area contributed by atoms with E-state index < -0.39 is 5.72 Å². The summed E-state index contributed by atoms with van der Waals surface area (Å²) >= 11 is 0. The molecule has 3 heteroatoms. The molecule has 0 aromatic heterocycles. The van der Waals surface area contributed by atoms with E-state index in [1.165, 1.54) is 6.42 Å². The summed E-state index contributed by atoms with van der Waals surface area (Å²) in [5.74, 6) is 0.373. The van der Waals surface area contributed by atoms with E-state index in [0.717, 1.165) is 25.7 Å². The predicted octanol–water partition coefficient (Wildman–Crippen LogP) is 1.02. The van der Waals surface area contributed by atoms with Crippen molar-refractivity contribution in [2.24, 2.45) is 11.8 Å². The summed E-state index contributed by atoms with van der Waals surface area (Å²) in [5.41, 5.74) is -0.873. The highest BCUT2D eigenvalue weighted by molar-refractivity contribution is 5.79. The zero-order valence-electron chi connectivity index (χ0n) is 8.05. The molecule has 3 unspecified atom stereocenters. The Bertz CT molecular complexity index is 229. The average molecular weight is 183 g/mol. The maximum Gasteiger partial charge on any atom is 0.225 e. The molecule has 1 saturated carbocycles. The SMILES string of the molecule is CC1CC2CCCCC2(O)NC1=O. The van der Waals surface area contributed by atoms with Gasteiger partial charge in [0, 0.05) is 11.8 Å². The van der Waals surface area contributed by atoms with Crippen LogP contribution in [0.2, 0.25) is 0 Å². The number of amides is 1. The number of fused-ring (bicyclic) bond motifs is 1. The summed E-state index contributed by atoms with van der Waals surface area (Å²) in [6, 6.07) is 0. The lowest BCUT2D eigenvalue weighted by atomic mass is 9.73. The minimum absolute atomic E-state index is 0.0145. The first kappa shape index (κ1) is 9.00. The van der Waals surface area contributed by atoms with Crippen LogP contribution in [0.5, 0.6) is 0 Å². The highest BCUT2D eigenvalue weighted by Gasteiger charge is 2.45. The third kappa shape index (κ3) is 1.46. The van der Waals surface area contributed by atoms with E-state index in [1.54, 1.807) is 0 Å². The van der Waals surface area contributed by atoms with Crippen LogP contribution in [0.15, 0.2) is 0 Å². The molecule has 2 fully saturated rings. The van der Waals surface area contributed by atoms with Gasteiger partial charge in [0.15, 0.2) is 0 Å². The fraction of sp³-hybridized carbons (Fsp3) is 0.900. The van der Waals surface area contributed by atoms with Crippen molar-refractivity contribution >= 4 is 5.91 Å². The Kier molecular flexibility index (Phi) is 2.06. The van der Waals surface area contributed by atoms with Gasteiger partial charge in [0.05, 0.1) is 0 Å². The van der Waals surface area contributed by atoms with E-state index in [0.29, 0.717) is 0 Å². The highest BCUT2D eigenvalue weighted by Crippen LogP contribution is 2.38. The number of aliphatic hydroxyl groups is 1. The van der Waals surface area contributed by atoms with Crippen LogP contribution in [0, 0.1) is 11.8 Å². The molecule has 0 spiro atoms. The van der Waals surface area contributed by atoms with Gasteiger partial charge in [-0.1, -0.05) is 13.3 Å². The molecule has 0 radical (unpaired) electrons. The average Bonchev–Trinajstić information content (AvgIpc) is 2.07. The van der Waals surface area contributed by atoms with Crippen LogP contribution in [-0.2, 0) is 4.79 Å². The van der Waals surface area contributed by atoms with Crippen molar-refractivity contribution in [3.8, 4) is 0 Å². The van der Waals surface area contributed by atoms with Crippen molar-refractivity contribution in [3.63, 3.8) is 0 Å². The number of rotatable bonds is 0. The predicted molar refractivity (Wildman–Crippen MR) is 48.8 cm³/mol. The molecule has 1 saturated heterocycles. The van der Waals surface area contributed by atoms with Crippen LogP contribution in [0.3, 0.4) is 0 Å². The smallest absolute Gasteiger partial charge is 0.225 e. The number of carbonyl (C=O) groups is 1. The van der Waals surface area contributed by atoms with Crippen LogP contribution >= 0.6 is 0 Å². The molecule has 2 N–H and O–H groups in total. The Morgan fingerprint density at radius 2 is 2.31 bits per heavy atom. The second-order valence-electron chi connectivity index (χ2n) is 4.49. The first-order valence-corrected chi connectivity index (χ1v) is 5.16. The molecule has 2 aliphatic rings. The minimum atomic E-state index is -0.873. The summed E-state index contributed by atoms with van der Waals surface area (Å²) < 4.78 is 0. The van der Waals surface area contributed by atoms with Gasteiger partial charge in [-0.15, -0.1) is 0 Å². The third-order valence-corrected chi connectivity index (χ3v) is 3.46. The molecule has 13 heavy (non-hydrogen) atoms. The minimum Gasteiger partial charge on any atom is -0.371 e. The number of piperidine rings is 1. The number of carbonyl (C=O) groups excluding carboxylic acids is 1. The van der Waals surface area contributed by atoms with Gasteiger partial charge < -0.3 is 10.4 Å². The molecular weight excluding hydrogens is 166 g/mol. The van der Waals surface area contributed by atoms with Gasteiger partial charge in [0.1, 0.15) is 5.72 Å². The van der Waals surface area contributed by atoms with E-state index in [9.17, 15) is 9.90 Å². The van der Waals surface area contributed by atoms with E-state index in [-0.39, 0.29) is 17.7 Å². The summed E-state index contributed by atoms with van der Waals surface area (Å²) in [4.78, 5) is 11.4. The maximum absolute atomic E-state index is 11.4. The van der Waals surface area contributed by atoms with Gasteiger partial charge in [-0.2, -0.15) is 0 Å². The number of hydrogen-bond acceptors (Lipinski definition) is 2. The second-order valence-corrected chi connectivity index (χ2v) is 4.49. The van der Waals surface area contributed by atoms with Crippen LogP contribution in [-0.4, -0.2) is 16.7 Å². The van der Waals surface area contributed by atoms with Crippen LogP contribution in [0.4, 0.5) is 0 Å². The molecule has 1 aliphatic heterocycles. The zero-order valence-corrected chi connectivity index (χ0v) is 8.05. The topological polar surface area (TPSA) is 49.3 Å². The van der Waals surface area contributed by atoms with E-state index >= 15 is 0 Å². The lowest BCUT2D eigenvalue weighted by molar-refractivity contribution is -0.152. The fourth-order valence-corrected chi connectivity index (χ4v) is 2.58. The third-order valence-electron chi connectivity index (χ3n) is 3.46. The number of nitrogens with one attached hydrogen (secondary N) is 1. The van der Waals surface area contributed by atoms with Gasteiger partial charge in [0.25, 0.3) is 0 Å². The summed E-state index contributed by atoms with van der Waals surface area (Å²) in [5, 5.41) is 12.9. The molecule has 0 aromatic rings. The van der Waals surface area contributed by atoms with E-state index in [4.69, 9.17) is 0 Å². The molecule has 1 amide bonds. The number of hydrogen-bond donors (Lipinski definition) is 2. The van der Waals surface area contributed by atoms with Crippen molar-refractivity contribution in [2.45, 2.75) is 44.8 Å². The standard InChI is InChI=1S/C10H17NO2/c1-7-6-8-4-2-3-5-10(8,13)11-9(7)12/h7-8,13H,2-6H2,1H3,(H,11,12). The second kappa shape index (κ2) is 2.98. The van der Waals surface area contributed by atoms with Gasteiger partial charge in [0.2, 0.25) is 5.91 Å². The van der Waals surface area contributed by atoms with Crippen LogP contribution in [0.1, 0.15) is 39.0 Å². The fourth-order valence-electron chi connectivity index (χ4n) is 2.58. The monoisotopic (exact) mass is 183 g/mol. The summed E-state index contributed by atoms with van der Waals surface area (Å²) in [6.07, 6.45) is 4.86. The Labute approximate surface area is 78.5 Å². The summed E-state index contributed by atoms with van der Waals surface area (Å²) in [6.45, 7) is 1.93. The Hall–Kier alpha value is -0.570. The maximum atomic E-state index is 11.4. The lowest BCUT2D eigenvalue weighted by Gasteiger charge is -2.45. The Morgan fingerprint density at radius 1 is 1.54 bits per heavy atom. The van der Waals surface area contributed by atoms with Gasteiger partial charge in [-0.05, 0) is 25.7 Å². The van der Waals surface area contributed by atoms with Crippen molar-refractivity contribution in [2.75, 3.05) is 0 Å². The molecule has 74 valence electrons. The van der Waals surface area contributed by atoms with Gasteiger partial charge >= 0.3 is 0 Å². The first-order valence-electron chi connectivity index (χ1n) is 5.16. The molecule has 0 aromatic carbocycles.